The Morgan fingerprint density at radius 2 is 2.29 bits per heavy atom. The Balaban J connectivity index is 1.46. The molecule has 3 rings (SSSR count). The fourth-order valence-corrected chi connectivity index (χ4v) is 3.19. The standard InChI is InChI=1S/C13H24N2O2/c1-10-6-11(7-15(10)12-2-3-12)14-8-13(16)4-5-17-9-13/h10-12,14,16H,2-9H2,1H3. The van der Waals surface area contributed by atoms with Gasteiger partial charge >= 0.3 is 0 Å². The molecule has 98 valence electrons. The molecular weight excluding hydrogens is 216 g/mol. The van der Waals surface area contributed by atoms with Crippen molar-refractivity contribution in [2.75, 3.05) is 26.3 Å². The minimum Gasteiger partial charge on any atom is -0.386 e. The van der Waals surface area contributed by atoms with Crippen molar-refractivity contribution in [1.82, 2.24) is 10.2 Å². The predicted octanol–water partition coefficient (Wildman–Crippen LogP) is 0.353. The normalized spacial score (nSPS) is 43.4. The number of hydrogen-bond donors (Lipinski definition) is 2. The fraction of sp³-hybridized carbons (Fsp3) is 1.00. The van der Waals surface area contributed by atoms with Gasteiger partial charge in [0, 0.05) is 44.2 Å². The molecule has 0 amide bonds. The summed E-state index contributed by atoms with van der Waals surface area (Å²) < 4.78 is 5.27. The van der Waals surface area contributed by atoms with Crippen molar-refractivity contribution in [3.8, 4) is 0 Å². The molecule has 3 unspecified atom stereocenters. The monoisotopic (exact) mass is 240 g/mol. The predicted molar refractivity (Wildman–Crippen MR) is 66.0 cm³/mol. The molecule has 3 fully saturated rings. The van der Waals surface area contributed by atoms with Gasteiger partial charge in [0.15, 0.2) is 0 Å². The SMILES string of the molecule is CC1CC(NCC2(O)CCOC2)CN1C1CC1. The van der Waals surface area contributed by atoms with E-state index in [9.17, 15) is 5.11 Å². The van der Waals surface area contributed by atoms with Crippen LogP contribution in [0.5, 0.6) is 0 Å². The zero-order valence-electron chi connectivity index (χ0n) is 10.7. The van der Waals surface area contributed by atoms with Crippen molar-refractivity contribution in [1.29, 1.82) is 0 Å². The lowest BCUT2D eigenvalue weighted by molar-refractivity contribution is 0.0250. The van der Waals surface area contributed by atoms with Gasteiger partial charge in [-0.25, -0.2) is 0 Å². The molecule has 3 atom stereocenters. The van der Waals surface area contributed by atoms with Crippen LogP contribution >= 0.6 is 0 Å². The van der Waals surface area contributed by atoms with Crippen LogP contribution in [-0.4, -0.2) is 60.0 Å². The number of nitrogens with one attached hydrogen (secondary N) is 1. The molecule has 0 bridgehead atoms. The van der Waals surface area contributed by atoms with Crippen LogP contribution in [0.4, 0.5) is 0 Å². The van der Waals surface area contributed by atoms with E-state index in [0.717, 1.165) is 19.0 Å². The summed E-state index contributed by atoms with van der Waals surface area (Å²) in [7, 11) is 0. The maximum absolute atomic E-state index is 10.2. The van der Waals surface area contributed by atoms with E-state index in [4.69, 9.17) is 4.74 Å². The molecule has 17 heavy (non-hydrogen) atoms. The van der Waals surface area contributed by atoms with Gasteiger partial charge in [0.05, 0.1) is 6.61 Å². The summed E-state index contributed by atoms with van der Waals surface area (Å²) in [6.45, 7) is 5.36. The highest BCUT2D eigenvalue weighted by Crippen LogP contribution is 2.33. The molecule has 2 aliphatic heterocycles. The molecule has 0 aromatic heterocycles. The lowest BCUT2D eigenvalue weighted by atomic mass is 10.0. The zero-order chi connectivity index (χ0) is 11.9. The Labute approximate surface area is 103 Å². The van der Waals surface area contributed by atoms with Crippen molar-refractivity contribution >= 4 is 0 Å². The van der Waals surface area contributed by atoms with E-state index in [2.05, 4.69) is 17.1 Å². The van der Waals surface area contributed by atoms with Crippen LogP contribution in [0.1, 0.15) is 32.6 Å². The van der Waals surface area contributed by atoms with Gasteiger partial charge in [0.25, 0.3) is 0 Å². The van der Waals surface area contributed by atoms with Crippen molar-refractivity contribution in [3.63, 3.8) is 0 Å². The summed E-state index contributed by atoms with van der Waals surface area (Å²) in [6.07, 6.45) is 4.76. The molecule has 2 saturated heterocycles. The van der Waals surface area contributed by atoms with Crippen LogP contribution in [-0.2, 0) is 4.74 Å². The van der Waals surface area contributed by atoms with Gasteiger partial charge in [-0.15, -0.1) is 0 Å². The van der Waals surface area contributed by atoms with Crippen molar-refractivity contribution in [3.05, 3.63) is 0 Å². The van der Waals surface area contributed by atoms with Crippen molar-refractivity contribution in [2.24, 2.45) is 0 Å². The van der Waals surface area contributed by atoms with E-state index in [1.54, 1.807) is 0 Å². The highest BCUT2D eigenvalue weighted by molar-refractivity contribution is 4.97. The Bertz CT molecular complexity index is 275. The van der Waals surface area contributed by atoms with E-state index in [1.807, 2.05) is 0 Å². The number of nitrogens with zero attached hydrogens (tertiary/aromatic N) is 1. The Kier molecular flexibility index (Phi) is 3.15. The summed E-state index contributed by atoms with van der Waals surface area (Å²) in [5.41, 5.74) is -0.615. The molecule has 0 aromatic rings. The smallest absolute Gasteiger partial charge is 0.102 e. The summed E-state index contributed by atoms with van der Waals surface area (Å²) in [5.74, 6) is 0. The van der Waals surface area contributed by atoms with Gasteiger partial charge in [-0.1, -0.05) is 0 Å². The maximum atomic E-state index is 10.2. The van der Waals surface area contributed by atoms with E-state index >= 15 is 0 Å². The van der Waals surface area contributed by atoms with Crippen molar-refractivity contribution < 1.29 is 9.84 Å². The molecule has 2 N–H and O–H groups in total. The van der Waals surface area contributed by atoms with Crippen LogP contribution in [0.15, 0.2) is 0 Å². The molecule has 0 spiro atoms. The third-order valence-corrected chi connectivity index (χ3v) is 4.44. The Hall–Kier alpha value is -0.160. The number of rotatable bonds is 4. The average molecular weight is 240 g/mol. The molecule has 1 aliphatic carbocycles. The highest BCUT2D eigenvalue weighted by atomic mass is 16.5. The second-order valence-corrected chi connectivity index (χ2v) is 6.12. The van der Waals surface area contributed by atoms with Gasteiger partial charge in [-0.2, -0.15) is 0 Å². The number of ether oxygens (including phenoxy) is 1. The first-order valence-electron chi connectivity index (χ1n) is 6.96. The molecular formula is C13H24N2O2. The van der Waals surface area contributed by atoms with Crippen LogP contribution in [0.3, 0.4) is 0 Å². The first-order valence-corrected chi connectivity index (χ1v) is 6.96. The molecule has 0 aromatic carbocycles. The topological polar surface area (TPSA) is 44.7 Å². The fourth-order valence-electron chi connectivity index (χ4n) is 3.19. The van der Waals surface area contributed by atoms with Gasteiger partial charge < -0.3 is 15.2 Å². The Morgan fingerprint density at radius 3 is 2.94 bits per heavy atom. The lowest BCUT2D eigenvalue weighted by Crippen LogP contribution is -2.45. The van der Waals surface area contributed by atoms with Gasteiger partial charge in [0.1, 0.15) is 5.60 Å². The first-order chi connectivity index (χ1) is 8.16. The second kappa shape index (κ2) is 4.50. The number of hydrogen-bond acceptors (Lipinski definition) is 4. The molecule has 2 heterocycles. The van der Waals surface area contributed by atoms with Crippen LogP contribution in [0, 0.1) is 0 Å². The number of aliphatic hydroxyl groups is 1. The maximum Gasteiger partial charge on any atom is 0.102 e. The minimum atomic E-state index is -0.615. The summed E-state index contributed by atoms with van der Waals surface area (Å²) in [6, 6.07) is 2.11. The third kappa shape index (κ3) is 2.65. The van der Waals surface area contributed by atoms with E-state index in [1.165, 1.54) is 19.3 Å². The van der Waals surface area contributed by atoms with Gasteiger partial charge in [-0.05, 0) is 26.2 Å². The molecule has 0 radical (unpaired) electrons. The summed E-state index contributed by atoms with van der Waals surface area (Å²) in [4.78, 5) is 2.63. The molecule has 4 nitrogen and oxygen atoms in total. The number of likely N-dealkylation sites (tertiary alicyclic amines) is 1. The summed E-state index contributed by atoms with van der Waals surface area (Å²) in [5, 5.41) is 13.7. The quantitative estimate of drug-likeness (QED) is 0.744. The lowest BCUT2D eigenvalue weighted by Gasteiger charge is -2.24. The highest BCUT2D eigenvalue weighted by Gasteiger charge is 2.40. The average Bonchev–Trinajstić information content (AvgIpc) is 2.95. The Morgan fingerprint density at radius 1 is 1.47 bits per heavy atom. The van der Waals surface area contributed by atoms with Gasteiger partial charge in [0.2, 0.25) is 0 Å². The summed E-state index contributed by atoms with van der Waals surface area (Å²) >= 11 is 0. The minimum absolute atomic E-state index is 0.495. The largest absolute Gasteiger partial charge is 0.386 e. The van der Waals surface area contributed by atoms with Crippen molar-refractivity contribution in [2.45, 2.75) is 56.3 Å². The first kappa shape index (κ1) is 11.9. The van der Waals surface area contributed by atoms with Gasteiger partial charge in [-0.3, -0.25) is 4.90 Å². The van der Waals surface area contributed by atoms with Crippen LogP contribution in [0.25, 0.3) is 0 Å². The molecule has 3 aliphatic rings. The molecule has 1 saturated carbocycles. The zero-order valence-corrected chi connectivity index (χ0v) is 10.7. The van der Waals surface area contributed by atoms with E-state index in [-0.39, 0.29) is 0 Å². The third-order valence-electron chi connectivity index (χ3n) is 4.44. The van der Waals surface area contributed by atoms with Crippen LogP contribution < -0.4 is 5.32 Å². The van der Waals surface area contributed by atoms with Crippen LogP contribution in [0.2, 0.25) is 0 Å². The van der Waals surface area contributed by atoms with E-state index < -0.39 is 5.60 Å². The van der Waals surface area contributed by atoms with E-state index in [0.29, 0.717) is 31.8 Å². The second-order valence-electron chi connectivity index (χ2n) is 6.12. The molecule has 4 heteroatoms.